The lowest BCUT2D eigenvalue weighted by molar-refractivity contribution is -0.122. The van der Waals surface area contributed by atoms with E-state index < -0.39 is 6.04 Å². The summed E-state index contributed by atoms with van der Waals surface area (Å²) in [4.78, 5) is 27.3. The second-order valence-corrected chi connectivity index (χ2v) is 6.42. The predicted octanol–water partition coefficient (Wildman–Crippen LogP) is 3.83. The molecular formula is C20H21FN2O2. The van der Waals surface area contributed by atoms with Crippen molar-refractivity contribution in [3.63, 3.8) is 0 Å². The van der Waals surface area contributed by atoms with Crippen LogP contribution in [0.4, 0.5) is 10.1 Å². The number of rotatable bonds is 5. The molecule has 2 atom stereocenters. The third-order valence-corrected chi connectivity index (χ3v) is 4.75. The van der Waals surface area contributed by atoms with E-state index in [9.17, 15) is 14.0 Å². The molecule has 25 heavy (non-hydrogen) atoms. The Hall–Kier alpha value is -2.69. The molecule has 2 amide bonds. The van der Waals surface area contributed by atoms with Crippen molar-refractivity contribution in [2.45, 2.75) is 32.9 Å². The van der Waals surface area contributed by atoms with E-state index in [0.717, 1.165) is 12.0 Å². The Kier molecular flexibility index (Phi) is 4.83. The maximum atomic E-state index is 13.0. The number of halogens is 1. The minimum Gasteiger partial charge on any atom is -0.324 e. The molecule has 1 heterocycles. The Bertz CT molecular complexity index is 789. The summed E-state index contributed by atoms with van der Waals surface area (Å²) in [7, 11) is 0. The molecule has 1 aliphatic rings. The average Bonchev–Trinajstić information content (AvgIpc) is 2.94. The lowest BCUT2D eigenvalue weighted by Gasteiger charge is -2.31. The molecule has 0 radical (unpaired) electrons. The highest BCUT2D eigenvalue weighted by atomic mass is 19.1. The fourth-order valence-corrected chi connectivity index (χ4v) is 3.18. The largest absolute Gasteiger partial charge is 0.324 e. The molecule has 0 saturated heterocycles. The standard InChI is InChI=1S/C20H21FN2O2/c1-3-13(2)18(19(24)22-16-10-8-15(21)9-11-16)23-12-14-6-4-5-7-17(14)20(23)25/h4-11,13,18H,3,12H2,1-2H3,(H,22,24). The lowest BCUT2D eigenvalue weighted by Crippen LogP contribution is -2.48. The van der Waals surface area contributed by atoms with E-state index in [2.05, 4.69) is 5.32 Å². The number of nitrogens with one attached hydrogen (secondary N) is 1. The van der Waals surface area contributed by atoms with Gasteiger partial charge in [-0.05, 0) is 41.8 Å². The molecule has 1 N–H and O–H groups in total. The van der Waals surface area contributed by atoms with Gasteiger partial charge in [-0.25, -0.2) is 4.39 Å². The van der Waals surface area contributed by atoms with Gasteiger partial charge in [0.15, 0.2) is 0 Å². The molecule has 130 valence electrons. The average molecular weight is 340 g/mol. The number of nitrogens with zero attached hydrogens (tertiary/aromatic N) is 1. The van der Waals surface area contributed by atoms with E-state index in [1.807, 2.05) is 32.0 Å². The Morgan fingerprint density at radius 2 is 1.88 bits per heavy atom. The summed E-state index contributed by atoms with van der Waals surface area (Å²) in [5.41, 5.74) is 2.12. The Morgan fingerprint density at radius 3 is 2.52 bits per heavy atom. The van der Waals surface area contributed by atoms with Gasteiger partial charge < -0.3 is 10.2 Å². The molecule has 0 aliphatic carbocycles. The number of benzene rings is 2. The molecule has 2 aromatic carbocycles. The van der Waals surface area contributed by atoms with Gasteiger partial charge in [0, 0.05) is 17.8 Å². The lowest BCUT2D eigenvalue weighted by atomic mass is 9.96. The van der Waals surface area contributed by atoms with Gasteiger partial charge in [-0.2, -0.15) is 0 Å². The highest BCUT2D eigenvalue weighted by Gasteiger charge is 2.38. The number of fused-ring (bicyclic) bond motifs is 1. The highest BCUT2D eigenvalue weighted by Crippen LogP contribution is 2.28. The summed E-state index contributed by atoms with van der Waals surface area (Å²) in [6.07, 6.45) is 0.766. The number of carbonyl (C=O) groups is 2. The first-order valence-electron chi connectivity index (χ1n) is 8.46. The summed E-state index contributed by atoms with van der Waals surface area (Å²) in [6, 6.07) is 12.5. The maximum absolute atomic E-state index is 13.0. The van der Waals surface area contributed by atoms with Crippen molar-refractivity contribution in [1.82, 2.24) is 4.90 Å². The number of hydrogen-bond acceptors (Lipinski definition) is 2. The molecule has 2 unspecified atom stereocenters. The van der Waals surface area contributed by atoms with Crippen LogP contribution in [-0.4, -0.2) is 22.8 Å². The first kappa shape index (κ1) is 17.1. The van der Waals surface area contributed by atoms with Crippen molar-refractivity contribution in [2.75, 3.05) is 5.32 Å². The van der Waals surface area contributed by atoms with E-state index in [4.69, 9.17) is 0 Å². The first-order valence-corrected chi connectivity index (χ1v) is 8.46. The third-order valence-electron chi connectivity index (χ3n) is 4.75. The Morgan fingerprint density at radius 1 is 1.20 bits per heavy atom. The highest BCUT2D eigenvalue weighted by molar-refractivity contribution is 6.03. The van der Waals surface area contributed by atoms with Crippen LogP contribution in [0.1, 0.15) is 36.2 Å². The zero-order valence-corrected chi connectivity index (χ0v) is 14.3. The van der Waals surface area contributed by atoms with Gasteiger partial charge in [-0.1, -0.05) is 38.5 Å². The van der Waals surface area contributed by atoms with Crippen LogP contribution in [0.3, 0.4) is 0 Å². The van der Waals surface area contributed by atoms with Crippen LogP contribution in [0.5, 0.6) is 0 Å². The topological polar surface area (TPSA) is 49.4 Å². The summed E-state index contributed by atoms with van der Waals surface area (Å²) in [5.74, 6) is -0.724. The van der Waals surface area contributed by atoms with Crippen LogP contribution >= 0.6 is 0 Å². The molecule has 0 saturated carbocycles. The summed E-state index contributed by atoms with van der Waals surface area (Å²) in [5, 5.41) is 2.81. The van der Waals surface area contributed by atoms with Gasteiger partial charge in [0.1, 0.15) is 11.9 Å². The second-order valence-electron chi connectivity index (χ2n) is 6.42. The third kappa shape index (κ3) is 3.40. The van der Waals surface area contributed by atoms with Crippen molar-refractivity contribution in [1.29, 1.82) is 0 Å². The molecule has 3 rings (SSSR count). The van der Waals surface area contributed by atoms with Gasteiger partial charge in [-0.3, -0.25) is 9.59 Å². The van der Waals surface area contributed by atoms with Crippen molar-refractivity contribution < 1.29 is 14.0 Å². The number of carbonyl (C=O) groups excluding carboxylic acids is 2. The molecule has 2 aromatic rings. The second kappa shape index (κ2) is 7.05. The van der Waals surface area contributed by atoms with E-state index in [1.54, 1.807) is 11.0 Å². The van der Waals surface area contributed by atoms with E-state index >= 15 is 0 Å². The van der Waals surface area contributed by atoms with Gasteiger partial charge >= 0.3 is 0 Å². The minimum absolute atomic E-state index is 0.00119. The first-order chi connectivity index (χ1) is 12.0. The summed E-state index contributed by atoms with van der Waals surface area (Å²) < 4.78 is 13.0. The molecule has 5 heteroatoms. The predicted molar refractivity (Wildman–Crippen MR) is 94.6 cm³/mol. The van der Waals surface area contributed by atoms with Crippen LogP contribution in [0, 0.1) is 11.7 Å². The smallest absolute Gasteiger partial charge is 0.255 e. The van der Waals surface area contributed by atoms with Gasteiger partial charge in [0.25, 0.3) is 5.91 Å². The fraction of sp³-hybridized carbons (Fsp3) is 0.300. The molecule has 1 aliphatic heterocycles. The van der Waals surface area contributed by atoms with Crippen LogP contribution < -0.4 is 5.32 Å². The SMILES string of the molecule is CCC(C)C(C(=O)Nc1ccc(F)cc1)N1Cc2ccccc2C1=O. The summed E-state index contributed by atoms with van der Waals surface area (Å²) >= 11 is 0. The quantitative estimate of drug-likeness (QED) is 0.899. The zero-order chi connectivity index (χ0) is 18.0. The van der Waals surface area contributed by atoms with Gasteiger partial charge in [0.2, 0.25) is 5.91 Å². The van der Waals surface area contributed by atoms with E-state index in [1.165, 1.54) is 24.3 Å². The van der Waals surface area contributed by atoms with Crippen LogP contribution in [0.2, 0.25) is 0 Å². The number of anilines is 1. The minimum atomic E-state index is -0.574. The molecule has 0 bridgehead atoms. The van der Waals surface area contributed by atoms with Gasteiger partial charge in [-0.15, -0.1) is 0 Å². The molecule has 0 fully saturated rings. The zero-order valence-electron chi connectivity index (χ0n) is 14.3. The monoisotopic (exact) mass is 340 g/mol. The van der Waals surface area contributed by atoms with Crippen LogP contribution in [-0.2, 0) is 11.3 Å². The summed E-state index contributed by atoms with van der Waals surface area (Å²) in [6.45, 7) is 4.39. The normalized spacial score (nSPS) is 15.6. The van der Waals surface area contributed by atoms with E-state index in [0.29, 0.717) is 17.8 Å². The Balaban J connectivity index is 1.84. The van der Waals surface area contributed by atoms with Crippen LogP contribution in [0.15, 0.2) is 48.5 Å². The molecular weight excluding hydrogens is 319 g/mol. The van der Waals surface area contributed by atoms with Crippen molar-refractivity contribution >= 4 is 17.5 Å². The molecule has 4 nitrogen and oxygen atoms in total. The van der Waals surface area contributed by atoms with Crippen LogP contribution in [0.25, 0.3) is 0 Å². The van der Waals surface area contributed by atoms with Crippen molar-refractivity contribution in [2.24, 2.45) is 5.92 Å². The van der Waals surface area contributed by atoms with E-state index in [-0.39, 0.29) is 23.5 Å². The maximum Gasteiger partial charge on any atom is 0.255 e. The van der Waals surface area contributed by atoms with Gasteiger partial charge in [0.05, 0.1) is 0 Å². The molecule has 0 spiro atoms. The van der Waals surface area contributed by atoms with Crippen molar-refractivity contribution in [3.05, 3.63) is 65.5 Å². The van der Waals surface area contributed by atoms with Crippen molar-refractivity contribution in [3.8, 4) is 0 Å². The number of amides is 2. The fourth-order valence-electron chi connectivity index (χ4n) is 3.18. The Labute approximate surface area is 146 Å². The molecule has 0 aromatic heterocycles. The number of hydrogen-bond donors (Lipinski definition) is 1.